The maximum Gasteiger partial charge on any atom is 0.317 e. The van der Waals surface area contributed by atoms with Crippen LogP contribution in [0.1, 0.15) is 48.0 Å². The zero-order chi connectivity index (χ0) is 25.6. The summed E-state index contributed by atoms with van der Waals surface area (Å²) in [5.41, 5.74) is 1.50. The number of benzene rings is 2. The quantitative estimate of drug-likeness (QED) is 0.613. The van der Waals surface area contributed by atoms with E-state index in [1.807, 2.05) is 9.80 Å². The molecule has 2 heterocycles. The van der Waals surface area contributed by atoms with E-state index in [2.05, 4.69) is 10.2 Å². The predicted octanol–water partition coefficient (Wildman–Crippen LogP) is 3.86. The van der Waals surface area contributed by atoms with Gasteiger partial charge < -0.3 is 24.6 Å². The Morgan fingerprint density at radius 2 is 1.68 bits per heavy atom. The highest BCUT2D eigenvalue weighted by Gasteiger charge is 2.26. The molecular formula is C28H35FN4O4. The van der Waals surface area contributed by atoms with Crippen molar-refractivity contribution in [3.05, 3.63) is 59.4 Å². The van der Waals surface area contributed by atoms with Crippen molar-refractivity contribution >= 4 is 11.9 Å². The van der Waals surface area contributed by atoms with Crippen LogP contribution in [0.4, 0.5) is 9.18 Å². The molecule has 0 bridgehead atoms. The van der Waals surface area contributed by atoms with Crippen molar-refractivity contribution in [3.8, 4) is 11.5 Å². The lowest BCUT2D eigenvalue weighted by molar-refractivity contribution is 0.0627. The Balaban J connectivity index is 1.14. The lowest BCUT2D eigenvalue weighted by Gasteiger charge is -2.36. The van der Waals surface area contributed by atoms with Crippen molar-refractivity contribution < 1.29 is 23.5 Å². The number of nitrogens with one attached hydrogen (secondary N) is 1. The number of rotatable bonds is 7. The van der Waals surface area contributed by atoms with E-state index >= 15 is 0 Å². The third-order valence-electron chi connectivity index (χ3n) is 7.47. The van der Waals surface area contributed by atoms with Crippen LogP contribution in [0.25, 0.3) is 0 Å². The lowest BCUT2D eigenvalue weighted by Crippen LogP contribution is -2.52. The topological polar surface area (TPSA) is 74.4 Å². The first-order valence-corrected chi connectivity index (χ1v) is 13.3. The summed E-state index contributed by atoms with van der Waals surface area (Å²) in [6.07, 6.45) is 5.58. The second-order valence-electron chi connectivity index (χ2n) is 10.0. The van der Waals surface area contributed by atoms with E-state index in [1.54, 1.807) is 30.3 Å². The zero-order valence-electron chi connectivity index (χ0n) is 21.2. The molecule has 2 aliphatic heterocycles. The molecule has 1 saturated heterocycles. The van der Waals surface area contributed by atoms with Gasteiger partial charge in [0.05, 0.1) is 0 Å². The molecule has 0 atom stereocenters. The fraction of sp³-hybridized carbons (Fsp3) is 0.500. The lowest BCUT2D eigenvalue weighted by atomic mass is 9.96. The Bertz CT molecular complexity index is 1080. The Labute approximate surface area is 217 Å². The van der Waals surface area contributed by atoms with Gasteiger partial charge in [-0.05, 0) is 48.7 Å². The van der Waals surface area contributed by atoms with E-state index in [-0.39, 0.29) is 30.6 Å². The van der Waals surface area contributed by atoms with Gasteiger partial charge in [-0.15, -0.1) is 0 Å². The van der Waals surface area contributed by atoms with Crippen LogP contribution >= 0.6 is 0 Å². The molecule has 2 aromatic rings. The summed E-state index contributed by atoms with van der Waals surface area (Å²) in [6, 6.07) is 11.8. The number of ether oxygens (including phenoxy) is 2. The maximum absolute atomic E-state index is 13.4. The van der Waals surface area contributed by atoms with Gasteiger partial charge in [-0.3, -0.25) is 9.69 Å². The Hall–Kier alpha value is -3.33. The summed E-state index contributed by atoms with van der Waals surface area (Å²) in [7, 11) is 0. The van der Waals surface area contributed by atoms with Gasteiger partial charge in [-0.2, -0.15) is 0 Å². The standard InChI is InChI=1S/C28H35FN4O4/c29-23-9-6-21(7-10-23)19-33(28(35)30-24-4-2-1-3-5-24)17-14-31-12-15-32(16-13-31)27(34)22-8-11-25-26(18-22)37-20-36-25/h6-11,18,24H,1-5,12-17,19-20H2,(H,30,35). The third-order valence-corrected chi connectivity index (χ3v) is 7.47. The Morgan fingerprint density at radius 1 is 0.946 bits per heavy atom. The SMILES string of the molecule is O=C(NC1CCCCC1)N(CCN1CCN(C(=O)c2ccc3c(c2)OCO3)CC1)Cc1ccc(F)cc1. The van der Waals surface area contributed by atoms with Crippen LogP contribution in [0, 0.1) is 5.82 Å². The van der Waals surface area contributed by atoms with Crippen LogP contribution in [0.2, 0.25) is 0 Å². The number of piperazine rings is 1. The molecule has 9 heteroatoms. The van der Waals surface area contributed by atoms with Crippen LogP contribution < -0.4 is 14.8 Å². The number of hydrogen-bond donors (Lipinski definition) is 1. The minimum Gasteiger partial charge on any atom is -0.454 e. The zero-order valence-corrected chi connectivity index (χ0v) is 21.2. The number of halogens is 1. The molecule has 37 heavy (non-hydrogen) atoms. The Kier molecular flexibility index (Phi) is 8.08. The summed E-state index contributed by atoms with van der Waals surface area (Å²) in [6.45, 7) is 4.62. The first kappa shape index (κ1) is 25.3. The molecule has 2 fully saturated rings. The second kappa shape index (κ2) is 11.8. The molecule has 198 valence electrons. The monoisotopic (exact) mass is 510 g/mol. The molecule has 3 amide bonds. The van der Waals surface area contributed by atoms with Crippen molar-refractivity contribution in [2.24, 2.45) is 0 Å². The van der Waals surface area contributed by atoms with Crippen molar-refractivity contribution in [2.75, 3.05) is 46.1 Å². The molecule has 5 rings (SSSR count). The fourth-order valence-electron chi connectivity index (χ4n) is 5.22. The molecular weight excluding hydrogens is 475 g/mol. The van der Waals surface area contributed by atoms with Crippen LogP contribution in [-0.4, -0.2) is 78.7 Å². The van der Waals surface area contributed by atoms with Gasteiger partial charge >= 0.3 is 6.03 Å². The number of nitrogens with zero attached hydrogens (tertiary/aromatic N) is 3. The number of carbonyl (C=O) groups is 2. The van der Waals surface area contributed by atoms with Crippen molar-refractivity contribution in [2.45, 2.75) is 44.7 Å². The van der Waals surface area contributed by atoms with Gasteiger partial charge in [0.25, 0.3) is 5.91 Å². The number of amides is 3. The van der Waals surface area contributed by atoms with Crippen molar-refractivity contribution in [3.63, 3.8) is 0 Å². The highest BCUT2D eigenvalue weighted by atomic mass is 19.1. The molecule has 0 spiro atoms. The number of urea groups is 1. The van der Waals surface area contributed by atoms with Crippen LogP contribution in [0.15, 0.2) is 42.5 Å². The molecule has 1 N–H and O–H groups in total. The largest absolute Gasteiger partial charge is 0.454 e. The average molecular weight is 511 g/mol. The van der Waals surface area contributed by atoms with E-state index < -0.39 is 0 Å². The van der Waals surface area contributed by atoms with Crippen LogP contribution in [0.3, 0.4) is 0 Å². The minimum absolute atomic E-state index is 0.0113. The van der Waals surface area contributed by atoms with Gasteiger partial charge in [0.1, 0.15) is 5.82 Å². The molecule has 1 saturated carbocycles. The smallest absolute Gasteiger partial charge is 0.317 e. The molecule has 3 aliphatic rings. The number of carbonyl (C=O) groups excluding carboxylic acids is 2. The van der Waals surface area contributed by atoms with Gasteiger partial charge in [-0.1, -0.05) is 31.4 Å². The third kappa shape index (κ3) is 6.52. The summed E-state index contributed by atoms with van der Waals surface area (Å²) in [4.78, 5) is 32.2. The molecule has 1 aliphatic carbocycles. The highest BCUT2D eigenvalue weighted by molar-refractivity contribution is 5.95. The molecule has 2 aromatic carbocycles. The molecule has 0 unspecified atom stereocenters. The van der Waals surface area contributed by atoms with E-state index in [9.17, 15) is 14.0 Å². The summed E-state index contributed by atoms with van der Waals surface area (Å²) in [5, 5.41) is 3.22. The van der Waals surface area contributed by atoms with E-state index in [4.69, 9.17) is 9.47 Å². The van der Waals surface area contributed by atoms with Crippen molar-refractivity contribution in [1.82, 2.24) is 20.0 Å². The van der Waals surface area contributed by atoms with Gasteiger partial charge in [0.2, 0.25) is 6.79 Å². The van der Waals surface area contributed by atoms with Gasteiger partial charge in [-0.25, -0.2) is 9.18 Å². The van der Waals surface area contributed by atoms with E-state index in [1.165, 1.54) is 18.6 Å². The normalized spacial score (nSPS) is 18.0. The maximum atomic E-state index is 13.4. The average Bonchev–Trinajstić information content (AvgIpc) is 3.40. The van der Waals surface area contributed by atoms with E-state index in [0.29, 0.717) is 49.8 Å². The molecule has 8 nitrogen and oxygen atoms in total. The summed E-state index contributed by atoms with van der Waals surface area (Å²) < 4.78 is 24.1. The predicted molar refractivity (Wildman–Crippen MR) is 137 cm³/mol. The fourth-order valence-corrected chi connectivity index (χ4v) is 5.22. The second-order valence-corrected chi connectivity index (χ2v) is 10.0. The number of fused-ring (bicyclic) bond motifs is 1. The minimum atomic E-state index is -0.282. The highest BCUT2D eigenvalue weighted by Crippen LogP contribution is 2.32. The van der Waals surface area contributed by atoms with Gasteiger partial charge in [0, 0.05) is 57.4 Å². The van der Waals surface area contributed by atoms with Crippen LogP contribution in [0.5, 0.6) is 11.5 Å². The van der Waals surface area contributed by atoms with Crippen LogP contribution in [-0.2, 0) is 6.54 Å². The summed E-state index contributed by atoms with van der Waals surface area (Å²) in [5.74, 6) is 0.981. The molecule has 0 aromatic heterocycles. The Morgan fingerprint density at radius 3 is 2.43 bits per heavy atom. The van der Waals surface area contributed by atoms with E-state index in [0.717, 1.165) is 44.3 Å². The summed E-state index contributed by atoms with van der Waals surface area (Å²) >= 11 is 0. The first-order chi connectivity index (χ1) is 18.0. The number of hydrogen-bond acceptors (Lipinski definition) is 5. The molecule has 0 radical (unpaired) electrons. The first-order valence-electron chi connectivity index (χ1n) is 13.3. The van der Waals surface area contributed by atoms with Gasteiger partial charge in [0.15, 0.2) is 11.5 Å². The van der Waals surface area contributed by atoms with Crippen molar-refractivity contribution in [1.29, 1.82) is 0 Å².